The molecule has 0 saturated heterocycles. The van der Waals surface area contributed by atoms with E-state index in [1.165, 1.54) is 48.5 Å². The molecular weight excluding hydrogens is 816 g/mol. The molecule has 13 heteroatoms. The van der Waals surface area contributed by atoms with Gasteiger partial charge >= 0.3 is 29.0 Å². The summed E-state index contributed by atoms with van der Waals surface area (Å²) in [6.45, 7) is 0. The molecule has 4 aromatic carbocycles. The van der Waals surface area contributed by atoms with Crippen LogP contribution in [0.5, 0.6) is 0 Å². The van der Waals surface area contributed by atoms with E-state index in [1.807, 2.05) is 48.6 Å². The second-order valence-electron chi connectivity index (χ2n) is 14.0. The van der Waals surface area contributed by atoms with E-state index in [9.17, 15) is 39.6 Å². The Balaban J connectivity index is 0.00000514. The van der Waals surface area contributed by atoms with Gasteiger partial charge in [0.25, 0.3) is 0 Å². The summed E-state index contributed by atoms with van der Waals surface area (Å²) in [6, 6.07) is 33.0. The normalized spacial score (nSPS) is 11.5. The fourth-order valence-electron chi connectivity index (χ4n) is 7.53. The Morgan fingerprint density at radius 2 is 0.607 bits per heavy atom. The number of aromatic carboxylic acids is 4. The summed E-state index contributed by atoms with van der Waals surface area (Å²) in [4.78, 5) is 64.5. The van der Waals surface area contributed by atoms with E-state index in [4.69, 9.17) is 9.97 Å². The first-order valence-corrected chi connectivity index (χ1v) is 18.5. The van der Waals surface area contributed by atoms with Crippen LogP contribution in [0.4, 0.5) is 0 Å². The van der Waals surface area contributed by atoms with Crippen molar-refractivity contribution in [1.29, 1.82) is 0 Å². The van der Waals surface area contributed by atoms with Crippen LogP contribution >= 0.6 is 0 Å². The molecule has 61 heavy (non-hydrogen) atoms. The number of carboxylic acids is 4. The minimum Gasteiger partial charge on any atom is -0.545 e. The molecule has 0 spiro atoms. The van der Waals surface area contributed by atoms with Crippen molar-refractivity contribution in [2.45, 2.75) is 0 Å². The molecule has 5 heterocycles. The minimum absolute atomic E-state index is 0. The molecule has 0 atom stereocenters. The average molecular weight is 845 g/mol. The first-order chi connectivity index (χ1) is 29.0. The van der Waals surface area contributed by atoms with Crippen LogP contribution in [0.3, 0.4) is 0 Å². The van der Waals surface area contributed by atoms with E-state index in [0.717, 1.165) is 0 Å². The topological polar surface area (TPSA) is 212 Å². The van der Waals surface area contributed by atoms with Crippen LogP contribution in [-0.2, 0) is 17.1 Å². The van der Waals surface area contributed by atoms with Crippen molar-refractivity contribution in [2.75, 3.05) is 0 Å². The maximum atomic E-state index is 11.8. The Morgan fingerprint density at radius 1 is 0.377 bits per heavy atom. The summed E-state index contributed by atoms with van der Waals surface area (Å²) < 4.78 is 0. The summed E-state index contributed by atoms with van der Waals surface area (Å²) in [5.41, 5.74) is 10.1. The predicted molar refractivity (Wildman–Crippen MR) is 223 cm³/mol. The van der Waals surface area contributed by atoms with Crippen LogP contribution in [0.1, 0.15) is 64.2 Å². The number of carbonyl (C=O) groups excluding carboxylic acids is 2. The molecule has 2 aliphatic heterocycles. The first kappa shape index (κ1) is 39.7. The van der Waals surface area contributed by atoms with Crippen LogP contribution in [0, 0.1) is 0 Å². The van der Waals surface area contributed by atoms with Gasteiger partial charge in [0.2, 0.25) is 0 Å². The Hall–Kier alpha value is -8.12. The van der Waals surface area contributed by atoms with Crippen LogP contribution in [0.15, 0.2) is 121 Å². The van der Waals surface area contributed by atoms with Gasteiger partial charge in [-0.3, -0.25) is 0 Å². The zero-order chi connectivity index (χ0) is 41.7. The van der Waals surface area contributed by atoms with Gasteiger partial charge in [-0.25, -0.2) is 19.6 Å². The quantitative estimate of drug-likeness (QED) is 0.111. The van der Waals surface area contributed by atoms with Crippen LogP contribution < -0.4 is 10.2 Å². The molecule has 7 aromatic rings. The maximum Gasteiger partial charge on any atom is 2.00 e. The number of benzene rings is 4. The second-order valence-corrected chi connectivity index (χ2v) is 14.0. The van der Waals surface area contributed by atoms with Crippen molar-refractivity contribution in [3.8, 4) is 44.5 Å². The Bertz CT molecular complexity index is 2760. The third-order valence-corrected chi connectivity index (χ3v) is 10.4. The first-order valence-electron chi connectivity index (χ1n) is 18.5. The van der Waals surface area contributed by atoms with Crippen molar-refractivity contribution in [3.63, 3.8) is 0 Å². The Labute approximate surface area is 356 Å². The van der Waals surface area contributed by atoms with Crippen molar-refractivity contribution < 1.29 is 56.7 Å². The Morgan fingerprint density at radius 3 is 0.820 bits per heavy atom. The fraction of sp³-hybridized carbons (Fsp3) is 0. The number of H-pyrrole nitrogens is 2. The molecule has 0 radical (unpaired) electrons. The summed E-state index contributed by atoms with van der Waals surface area (Å²) in [7, 11) is 0. The molecular formula is C48H28FeN4O8. The number of fused-ring (bicyclic) bond motifs is 8. The van der Waals surface area contributed by atoms with Gasteiger partial charge in [0.1, 0.15) is 0 Å². The van der Waals surface area contributed by atoms with E-state index < -0.39 is 23.9 Å². The van der Waals surface area contributed by atoms with Gasteiger partial charge in [-0.2, -0.15) is 0 Å². The number of rotatable bonds is 8. The van der Waals surface area contributed by atoms with Crippen molar-refractivity contribution in [2.24, 2.45) is 0 Å². The molecule has 0 fully saturated rings. The van der Waals surface area contributed by atoms with Crippen LogP contribution in [0.2, 0.25) is 0 Å². The number of aromatic amines is 2. The SMILES string of the molecule is O=C([O-])c1ccc(-c2c3nc(c(-c4ccc(C(=O)O)cc4)c4ccc([nH]4)c(-c4ccc(C(=O)O)cc4)c4nc(c(-c5ccc(C(=O)[O-])cc5)c5ccc2[nH]5)C=C4)C=C3)cc1.[Fe+2]. The van der Waals surface area contributed by atoms with Gasteiger partial charge in [0.05, 0.1) is 45.8 Å². The maximum absolute atomic E-state index is 11.8. The van der Waals surface area contributed by atoms with Crippen LogP contribution in [-0.4, -0.2) is 54.0 Å². The number of nitrogens with one attached hydrogen (secondary N) is 2. The number of hydrogen-bond acceptors (Lipinski definition) is 8. The van der Waals surface area contributed by atoms with Gasteiger partial charge in [-0.15, -0.1) is 0 Å². The summed E-state index contributed by atoms with van der Waals surface area (Å²) >= 11 is 0. The molecule has 0 unspecified atom stereocenters. The predicted octanol–water partition coefficient (Wildman–Crippen LogP) is 7.44. The molecule has 3 aromatic heterocycles. The number of carbonyl (C=O) groups is 4. The van der Waals surface area contributed by atoms with Crippen molar-refractivity contribution >= 4 is 70.2 Å². The average Bonchev–Trinajstić information content (AvgIpc) is 4.10. The van der Waals surface area contributed by atoms with Crippen LogP contribution in [0.25, 0.3) is 90.9 Å². The largest absolute Gasteiger partial charge is 2.00 e. The molecule has 0 amide bonds. The molecule has 8 bridgehead atoms. The second kappa shape index (κ2) is 15.9. The van der Waals surface area contributed by atoms with Gasteiger partial charge < -0.3 is 40.0 Å². The smallest absolute Gasteiger partial charge is 0.545 e. The molecule has 2 aliphatic rings. The van der Waals surface area contributed by atoms with Crippen molar-refractivity contribution in [1.82, 2.24) is 19.9 Å². The van der Waals surface area contributed by atoms with Gasteiger partial charge in [0.15, 0.2) is 0 Å². The van der Waals surface area contributed by atoms with Gasteiger partial charge in [-0.1, -0.05) is 72.8 Å². The Kier molecular flexibility index (Phi) is 10.4. The minimum atomic E-state index is -1.32. The van der Waals surface area contributed by atoms with E-state index >= 15 is 0 Å². The zero-order valence-corrected chi connectivity index (χ0v) is 32.6. The molecule has 12 nitrogen and oxygen atoms in total. The molecule has 4 N–H and O–H groups in total. The van der Waals surface area contributed by atoms with E-state index in [-0.39, 0.29) is 39.3 Å². The van der Waals surface area contributed by atoms with Gasteiger partial charge in [-0.05, 0) is 106 Å². The third-order valence-electron chi connectivity index (χ3n) is 10.4. The van der Waals surface area contributed by atoms with E-state index in [2.05, 4.69) is 9.97 Å². The monoisotopic (exact) mass is 844 g/mol. The van der Waals surface area contributed by atoms with Gasteiger partial charge in [0, 0.05) is 44.3 Å². The summed E-state index contributed by atoms with van der Waals surface area (Å²) in [5, 5.41) is 42.8. The number of carboxylic acid groups (broad SMARTS) is 4. The fourth-order valence-corrected chi connectivity index (χ4v) is 7.53. The molecule has 0 saturated carbocycles. The number of aromatic nitrogens is 4. The molecule has 0 aliphatic carbocycles. The zero-order valence-electron chi connectivity index (χ0n) is 31.4. The standard InChI is InChI=1S/C48H30N4O8.Fe/c53-45(54)29-9-1-25(2-10-29)41-33-17-19-35(49-33)42(26-3-11-30(12-4-26)46(55)56)37-21-23-39(51-37)44(28-7-15-32(16-8-28)48(59)60)40-24-22-38(52-40)43(36-20-18-34(41)50-36)27-5-13-31(14-6-27)47(57)58;/h1-24,49,52H,(H,53,54)(H,55,56)(H,57,58)(H,59,60);/q;+2/p-2. The van der Waals surface area contributed by atoms with E-state index in [0.29, 0.717) is 89.4 Å². The summed E-state index contributed by atoms with van der Waals surface area (Å²) in [5.74, 6) is -4.78. The molecule has 296 valence electrons. The summed E-state index contributed by atoms with van der Waals surface area (Å²) in [6.07, 6.45) is 7.40. The third kappa shape index (κ3) is 7.42. The number of hydrogen-bond donors (Lipinski definition) is 4. The van der Waals surface area contributed by atoms with Crippen molar-refractivity contribution in [3.05, 3.63) is 166 Å². The molecule has 9 rings (SSSR count). The number of nitrogens with zero attached hydrogens (tertiary/aromatic N) is 2. The van der Waals surface area contributed by atoms with E-state index in [1.54, 1.807) is 48.5 Å².